The highest BCUT2D eigenvalue weighted by atomic mass is 19.1. The van der Waals surface area contributed by atoms with Crippen molar-refractivity contribution in [2.24, 2.45) is 0 Å². The van der Waals surface area contributed by atoms with Crippen molar-refractivity contribution in [2.45, 2.75) is 0 Å². The Morgan fingerprint density at radius 1 is 1.40 bits per heavy atom. The zero-order valence-electron chi connectivity index (χ0n) is 10.6. The summed E-state index contributed by atoms with van der Waals surface area (Å²) in [4.78, 5) is 15.4. The van der Waals surface area contributed by atoms with Gasteiger partial charge in [-0.1, -0.05) is 12.1 Å². The maximum Gasteiger partial charge on any atom is 0.240 e. The molecule has 0 aliphatic rings. The highest BCUT2D eigenvalue weighted by Crippen LogP contribution is 2.29. The Bertz CT molecular complexity index is 798. The van der Waals surface area contributed by atoms with Crippen LogP contribution in [0, 0.1) is 5.82 Å². The van der Waals surface area contributed by atoms with E-state index in [1.54, 1.807) is 18.3 Å². The fraction of sp³-hybridized carbons (Fsp3) is 0.0714. The lowest BCUT2D eigenvalue weighted by Gasteiger charge is -2.00. The molecule has 0 N–H and O–H groups in total. The lowest BCUT2D eigenvalue weighted by Crippen LogP contribution is -1.94. The number of aromatic nitrogens is 3. The normalized spacial score (nSPS) is 10.7. The van der Waals surface area contributed by atoms with Crippen molar-refractivity contribution < 1.29 is 13.9 Å². The zero-order valence-corrected chi connectivity index (χ0v) is 10.6. The third-order valence-corrected chi connectivity index (χ3v) is 2.96. The van der Waals surface area contributed by atoms with E-state index >= 15 is 0 Å². The van der Waals surface area contributed by atoms with Gasteiger partial charge in [-0.2, -0.15) is 5.10 Å². The first kappa shape index (κ1) is 12.3. The summed E-state index contributed by atoms with van der Waals surface area (Å²) in [6.45, 7) is 0. The van der Waals surface area contributed by atoms with Gasteiger partial charge in [0.25, 0.3) is 0 Å². The van der Waals surface area contributed by atoms with Crippen LogP contribution in [-0.4, -0.2) is 28.0 Å². The van der Waals surface area contributed by atoms with Crippen molar-refractivity contribution in [3.05, 3.63) is 48.0 Å². The second-order valence-electron chi connectivity index (χ2n) is 4.12. The van der Waals surface area contributed by atoms with Crippen LogP contribution in [0.15, 0.2) is 36.7 Å². The average molecular weight is 271 g/mol. The number of benzene rings is 1. The van der Waals surface area contributed by atoms with Gasteiger partial charge < -0.3 is 4.74 Å². The van der Waals surface area contributed by atoms with Crippen LogP contribution in [0.4, 0.5) is 4.39 Å². The average Bonchev–Trinajstić information content (AvgIpc) is 2.85. The number of hydrogen-bond donors (Lipinski definition) is 0. The van der Waals surface area contributed by atoms with Crippen LogP contribution in [0.1, 0.15) is 10.4 Å². The third-order valence-electron chi connectivity index (χ3n) is 2.96. The van der Waals surface area contributed by atoms with E-state index in [9.17, 15) is 9.18 Å². The second kappa shape index (κ2) is 4.73. The van der Waals surface area contributed by atoms with Gasteiger partial charge in [0.2, 0.25) is 5.88 Å². The van der Waals surface area contributed by atoms with Gasteiger partial charge in [-0.25, -0.2) is 13.9 Å². The molecule has 0 atom stereocenters. The highest BCUT2D eigenvalue weighted by Gasteiger charge is 2.18. The first-order valence-electron chi connectivity index (χ1n) is 5.87. The van der Waals surface area contributed by atoms with Crippen molar-refractivity contribution in [1.82, 2.24) is 14.6 Å². The van der Waals surface area contributed by atoms with Crippen LogP contribution in [0.3, 0.4) is 0 Å². The van der Waals surface area contributed by atoms with Crippen LogP contribution in [0.25, 0.3) is 16.8 Å². The van der Waals surface area contributed by atoms with Crippen molar-refractivity contribution >= 4 is 11.8 Å². The van der Waals surface area contributed by atoms with Crippen molar-refractivity contribution in [3.63, 3.8) is 0 Å². The Balaban J connectivity index is 2.34. The Morgan fingerprint density at radius 3 is 2.95 bits per heavy atom. The molecular formula is C14H10FN3O2. The number of carbonyl (C=O) groups is 1. The molecular weight excluding hydrogens is 261 g/mol. The number of hydrogen-bond acceptors (Lipinski definition) is 4. The minimum absolute atomic E-state index is 0.296. The minimum Gasteiger partial charge on any atom is -0.479 e. The smallest absolute Gasteiger partial charge is 0.240 e. The molecule has 0 aliphatic carbocycles. The number of methoxy groups -OCH3 is 1. The van der Waals surface area contributed by atoms with Gasteiger partial charge in [0.1, 0.15) is 17.0 Å². The van der Waals surface area contributed by atoms with E-state index in [4.69, 9.17) is 4.74 Å². The topological polar surface area (TPSA) is 56.5 Å². The lowest BCUT2D eigenvalue weighted by atomic mass is 10.1. The molecule has 0 bridgehead atoms. The van der Waals surface area contributed by atoms with Crippen LogP contribution >= 0.6 is 0 Å². The molecule has 0 spiro atoms. The summed E-state index contributed by atoms with van der Waals surface area (Å²) in [5.74, 6) is -0.0914. The van der Waals surface area contributed by atoms with E-state index in [2.05, 4.69) is 10.1 Å². The fourth-order valence-electron chi connectivity index (χ4n) is 2.10. The highest BCUT2D eigenvalue weighted by molar-refractivity contribution is 5.96. The minimum atomic E-state index is -0.388. The predicted octanol–water partition coefficient (Wildman–Crippen LogP) is 2.36. The van der Waals surface area contributed by atoms with Crippen LogP contribution in [0.5, 0.6) is 5.88 Å². The van der Waals surface area contributed by atoms with Crippen molar-refractivity contribution in [1.29, 1.82) is 0 Å². The van der Waals surface area contributed by atoms with Gasteiger partial charge in [0.15, 0.2) is 6.29 Å². The van der Waals surface area contributed by atoms with E-state index in [0.29, 0.717) is 34.5 Å². The molecule has 0 radical (unpaired) electrons. The van der Waals surface area contributed by atoms with Crippen molar-refractivity contribution in [2.75, 3.05) is 7.11 Å². The molecule has 0 aliphatic heterocycles. The molecule has 0 unspecified atom stereocenters. The van der Waals surface area contributed by atoms with E-state index in [1.807, 2.05) is 0 Å². The Labute approximate surface area is 113 Å². The molecule has 3 aromatic rings. The van der Waals surface area contributed by atoms with E-state index in [1.165, 1.54) is 30.0 Å². The van der Waals surface area contributed by atoms with Crippen LogP contribution < -0.4 is 4.74 Å². The molecule has 5 nitrogen and oxygen atoms in total. The van der Waals surface area contributed by atoms with Gasteiger partial charge in [0, 0.05) is 18.0 Å². The molecule has 0 saturated heterocycles. The fourth-order valence-corrected chi connectivity index (χ4v) is 2.10. The number of halogens is 1. The van der Waals surface area contributed by atoms with Gasteiger partial charge in [-0.3, -0.25) is 4.79 Å². The first-order valence-corrected chi connectivity index (χ1v) is 5.87. The summed E-state index contributed by atoms with van der Waals surface area (Å²) in [5, 5.41) is 4.30. The molecule has 0 amide bonds. The molecule has 20 heavy (non-hydrogen) atoms. The first-order chi connectivity index (χ1) is 9.74. The molecule has 0 saturated carbocycles. The van der Waals surface area contributed by atoms with Gasteiger partial charge in [-0.15, -0.1) is 0 Å². The van der Waals surface area contributed by atoms with E-state index in [0.717, 1.165) is 0 Å². The lowest BCUT2D eigenvalue weighted by molar-refractivity contribution is 0.112. The molecule has 1 aromatic carbocycles. The largest absolute Gasteiger partial charge is 0.479 e. The third kappa shape index (κ3) is 1.82. The number of fused-ring (bicyclic) bond motifs is 1. The summed E-state index contributed by atoms with van der Waals surface area (Å²) in [5.41, 5.74) is 1.70. The quantitative estimate of drug-likeness (QED) is 0.686. The second-order valence-corrected chi connectivity index (χ2v) is 4.12. The van der Waals surface area contributed by atoms with Crippen LogP contribution in [-0.2, 0) is 0 Å². The Kier molecular flexibility index (Phi) is 2.90. The molecule has 100 valence electrons. The summed E-state index contributed by atoms with van der Waals surface area (Å²) in [7, 11) is 1.46. The van der Waals surface area contributed by atoms with E-state index < -0.39 is 0 Å². The summed E-state index contributed by atoms with van der Waals surface area (Å²) in [6.07, 6.45) is 3.79. The molecule has 6 heteroatoms. The monoisotopic (exact) mass is 271 g/mol. The maximum atomic E-state index is 13.3. The zero-order chi connectivity index (χ0) is 14.1. The Hall–Kier alpha value is -2.76. The van der Waals surface area contributed by atoms with Crippen LogP contribution in [0.2, 0.25) is 0 Å². The number of aldehydes is 1. The summed E-state index contributed by atoms with van der Waals surface area (Å²) in [6, 6.07) is 5.92. The van der Waals surface area contributed by atoms with Gasteiger partial charge in [-0.05, 0) is 12.1 Å². The number of nitrogens with zero attached hydrogens (tertiary/aromatic N) is 3. The summed E-state index contributed by atoms with van der Waals surface area (Å²) < 4.78 is 20.0. The molecule has 2 heterocycles. The standard InChI is InChI=1S/C14H10FN3O2/c1-20-14-13-11(8-19)12(17-18(13)6-5-16-14)9-3-2-4-10(15)7-9/h2-8H,1H3. The predicted molar refractivity (Wildman–Crippen MR) is 70.3 cm³/mol. The number of carbonyl (C=O) groups excluding carboxylic acids is 1. The Morgan fingerprint density at radius 2 is 2.25 bits per heavy atom. The van der Waals surface area contributed by atoms with Crippen molar-refractivity contribution in [3.8, 4) is 17.1 Å². The molecule has 0 fully saturated rings. The van der Waals surface area contributed by atoms with Gasteiger partial charge >= 0.3 is 0 Å². The SMILES string of the molecule is COc1nccn2nc(-c3cccc(F)c3)c(C=O)c12. The van der Waals surface area contributed by atoms with E-state index in [-0.39, 0.29) is 5.82 Å². The van der Waals surface area contributed by atoms with Gasteiger partial charge in [0.05, 0.1) is 12.7 Å². The summed E-state index contributed by atoms with van der Waals surface area (Å²) >= 11 is 0. The number of rotatable bonds is 3. The number of ether oxygens (including phenoxy) is 1. The molecule has 2 aromatic heterocycles. The maximum absolute atomic E-state index is 13.3. The molecule has 3 rings (SSSR count).